The van der Waals surface area contributed by atoms with Gasteiger partial charge < -0.3 is 4.74 Å². The highest BCUT2D eigenvalue weighted by atomic mass is 19.4. The summed E-state index contributed by atoms with van der Waals surface area (Å²) in [4.78, 5) is 0. The molecule has 0 unspecified atom stereocenters. The third kappa shape index (κ3) is 3.05. The van der Waals surface area contributed by atoms with Crippen LogP contribution in [0.2, 0.25) is 0 Å². The molecule has 0 bridgehead atoms. The zero-order chi connectivity index (χ0) is 13.9. The van der Waals surface area contributed by atoms with Crippen LogP contribution < -0.4 is 4.74 Å². The minimum atomic E-state index is -4.37. The summed E-state index contributed by atoms with van der Waals surface area (Å²) in [5.74, 6) is 0.556. The van der Waals surface area contributed by atoms with Gasteiger partial charge in [-0.05, 0) is 36.4 Å². The fourth-order valence-electron chi connectivity index (χ4n) is 1.49. The Labute approximate surface area is 107 Å². The van der Waals surface area contributed by atoms with E-state index in [1.807, 2.05) is 6.07 Å². The van der Waals surface area contributed by atoms with E-state index < -0.39 is 11.7 Å². The number of nitrogens with zero attached hydrogens (tertiary/aromatic N) is 1. The number of rotatable bonds is 2. The Morgan fingerprint density at radius 3 is 2.16 bits per heavy atom. The molecule has 0 aromatic heterocycles. The molecule has 0 heterocycles. The van der Waals surface area contributed by atoms with Gasteiger partial charge in [-0.25, -0.2) is 0 Å². The number of para-hydroxylation sites is 1. The molecule has 0 amide bonds. The minimum Gasteiger partial charge on any atom is -0.456 e. The van der Waals surface area contributed by atoms with E-state index in [2.05, 4.69) is 0 Å². The lowest BCUT2D eigenvalue weighted by Gasteiger charge is -2.09. The van der Waals surface area contributed by atoms with E-state index in [4.69, 9.17) is 10.00 Å². The monoisotopic (exact) mass is 263 g/mol. The first-order valence-electron chi connectivity index (χ1n) is 5.35. The quantitative estimate of drug-likeness (QED) is 0.806. The van der Waals surface area contributed by atoms with Crippen LogP contribution in [0.4, 0.5) is 13.2 Å². The summed E-state index contributed by atoms with van der Waals surface area (Å²) in [5, 5.41) is 8.87. The van der Waals surface area contributed by atoms with Crippen molar-refractivity contribution < 1.29 is 17.9 Å². The summed E-state index contributed by atoms with van der Waals surface area (Å²) >= 11 is 0. The Bertz CT molecular complexity index is 612. The van der Waals surface area contributed by atoms with Gasteiger partial charge in [-0.1, -0.05) is 12.1 Å². The predicted octanol–water partition coefficient (Wildman–Crippen LogP) is 4.37. The molecule has 0 radical (unpaired) electrons. The molecule has 0 spiro atoms. The summed E-state index contributed by atoms with van der Waals surface area (Å²) in [6.07, 6.45) is -4.37. The largest absolute Gasteiger partial charge is 0.456 e. The van der Waals surface area contributed by atoms with Gasteiger partial charge in [0, 0.05) is 0 Å². The molecule has 2 rings (SSSR count). The molecule has 0 N–H and O–H groups in total. The molecule has 96 valence electrons. The standard InChI is InChI=1S/C14H8F3NO/c15-14(16,17)11-5-7-12(8-6-11)19-13-4-2-1-3-10(13)9-18/h1-8H. The van der Waals surface area contributed by atoms with Gasteiger partial charge in [-0.15, -0.1) is 0 Å². The molecule has 0 fully saturated rings. The van der Waals surface area contributed by atoms with Crippen LogP contribution in [0.3, 0.4) is 0 Å². The molecule has 2 aromatic rings. The van der Waals surface area contributed by atoms with E-state index in [-0.39, 0.29) is 5.75 Å². The van der Waals surface area contributed by atoms with Crippen molar-refractivity contribution in [1.29, 1.82) is 5.26 Å². The molecule has 19 heavy (non-hydrogen) atoms. The highest BCUT2D eigenvalue weighted by molar-refractivity contribution is 5.45. The number of benzene rings is 2. The van der Waals surface area contributed by atoms with Crippen LogP contribution in [0.25, 0.3) is 0 Å². The van der Waals surface area contributed by atoms with Gasteiger partial charge in [0.05, 0.1) is 11.1 Å². The van der Waals surface area contributed by atoms with E-state index in [9.17, 15) is 13.2 Å². The molecule has 2 nitrogen and oxygen atoms in total. The highest BCUT2D eigenvalue weighted by Crippen LogP contribution is 2.31. The van der Waals surface area contributed by atoms with Gasteiger partial charge in [0.2, 0.25) is 0 Å². The number of hydrogen-bond acceptors (Lipinski definition) is 2. The second-order valence-electron chi connectivity index (χ2n) is 3.73. The zero-order valence-corrected chi connectivity index (χ0v) is 9.61. The Hall–Kier alpha value is -2.48. The normalized spacial score (nSPS) is 10.8. The number of nitriles is 1. The van der Waals surface area contributed by atoms with Crippen LogP contribution in [-0.4, -0.2) is 0 Å². The van der Waals surface area contributed by atoms with Crippen molar-refractivity contribution in [3.8, 4) is 17.6 Å². The van der Waals surface area contributed by atoms with Crippen molar-refractivity contribution in [2.24, 2.45) is 0 Å². The number of halogens is 3. The Balaban J connectivity index is 2.23. The lowest BCUT2D eigenvalue weighted by molar-refractivity contribution is -0.137. The maximum Gasteiger partial charge on any atom is 0.416 e. The molecule has 0 saturated carbocycles. The minimum absolute atomic E-state index is 0.246. The Kier molecular flexibility index (Phi) is 3.43. The summed E-state index contributed by atoms with van der Waals surface area (Å²) in [6.45, 7) is 0. The maximum atomic E-state index is 12.4. The van der Waals surface area contributed by atoms with Crippen molar-refractivity contribution in [2.75, 3.05) is 0 Å². The second kappa shape index (κ2) is 5.02. The van der Waals surface area contributed by atoms with E-state index in [0.29, 0.717) is 11.3 Å². The predicted molar refractivity (Wildman–Crippen MR) is 62.7 cm³/mol. The van der Waals surface area contributed by atoms with Crippen LogP contribution in [0.5, 0.6) is 11.5 Å². The molecule has 0 saturated heterocycles. The number of ether oxygens (including phenoxy) is 1. The molecular formula is C14H8F3NO. The summed E-state index contributed by atoms with van der Waals surface area (Å²) in [5.41, 5.74) is -0.421. The smallest absolute Gasteiger partial charge is 0.416 e. The second-order valence-corrected chi connectivity index (χ2v) is 3.73. The van der Waals surface area contributed by atoms with Crippen molar-refractivity contribution in [3.05, 3.63) is 59.7 Å². The van der Waals surface area contributed by atoms with Crippen LogP contribution >= 0.6 is 0 Å². The van der Waals surface area contributed by atoms with Gasteiger partial charge in [0.1, 0.15) is 17.6 Å². The van der Waals surface area contributed by atoms with Crippen LogP contribution in [0.15, 0.2) is 48.5 Å². The van der Waals surface area contributed by atoms with Gasteiger partial charge in [0.15, 0.2) is 0 Å². The first-order chi connectivity index (χ1) is 9.00. The molecular weight excluding hydrogens is 255 g/mol. The third-order valence-corrected chi connectivity index (χ3v) is 2.42. The van der Waals surface area contributed by atoms with Crippen LogP contribution in [0, 0.1) is 11.3 Å². The molecule has 0 aliphatic carbocycles. The molecule has 0 aliphatic rings. The van der Waals surface area contributed by atoms with E-state index in [0.717, 1.165) is 12.1 Å². The van der Waals surface area contributed by atoms with Crippen LogP contribution in [-0.2, 0) is 6.18 Å². The molecule has 0 atom stereocenters. The first-order valence-corrected chi connectivity index (χ1v) is 5.35. The maximum absolute atomic E-state index is 12.4. The topological polar surface area (TPSA) is 33.0 Å². The summed E-state index contributed by atoms with van der Waals surface area (Å²) in [6, 6.07) is 12.8. The lowest BCUT2D eigenvalue weighted by atomic mass is 10.2. The van der Waals surface area contributed by atoms with Gasteiger partial charge in [0.25, 0.3) is 0 Å². The molecule has 2 aromatic carbocycles. The fourth-order valence-corrected chi connectivity index (χ4v) is 1.49. The van der Waals surface area contributed by atoms with Crippen molar-refractivity contribution in [2.45, 2.75) is 6.18 Å². The van der Waals surface area contributed by atoms with Crippen molar-refractivity contribution >= 4 is 0 Å². The Morgan fingerprint density at radius 2 is 1.58 bits per heavy atom. The van der Waals surface area contributed by atoms with E-state index in [1.165, 1.54) is 12.1 Å². The average Bonchev–Trinajstić information content (AvgIpc) is 2.39. The first kappa shape index (κ1) is 13.0. The fraction of sp³-hybridized carbons (Fsp3) is 0.0714. The Morgan fingerprint density at radius 1 is 0.947 bits per heavy atom. The third-order valence-electron chi connectivity index (χ3n) is 2.42. The summed E-state index contributed by atoms with van der Waals surface area (Å²) < 4.78 is 42.5. The van der Waals surface area contributed by atoms with Crippen molar-refractivity contribution in [1.82, 2.24) is 0 Å². The number of alkyl halides is 3. The van der Waals surface area contributed by atoms with E-state index >= 15 is 0 Å². The zero-order valence-electron chi connectivity index (χ0n) is 9.61. The lowest BCUT2D eigenvalue weighted by Crippen LogP contribution is -2.04. The van der Waals surface area contributed by atoms with Gasteiger partial charge in [-0.3, -0.25) is 0 Å². The summed E-state index contributed by atoms with van der Waals surface area (Å²) in [7, 11) is 0. The van der Waals surface area contributed by atoms with Crippen LogP contribution in [0.1, 0.15) is 11.1 Å². The number of hydrogen-bond donors (Lipinski definition) is 0. The molecule has 0 aliphatic heterocycles. The SMILES string of the molecule is N#Cc1ccccc1Oc1ccc(C(F)(F)F)cc1. The highest BCUT2D eigenvalue weighted by Gasteiger charge is 2.30. The molecule has 5 heteroatoms. The average molecular weight is 263 g/mol. The van der Waals surface area contributed by atoms with Gasteiger partial charge >= 0.3 is 6.18 Å². The van der Waals surface area contributed by atoms with Gasteiger partial charge in [-0.2, -0.15) is 18.4 Å². The van der Waals surface area contributed by atoms with Crippen molar-refractivity contribution in [3.63, 3.8) is 0 Å². The van der Waals surface area contributed by atoms with E-state index in [1.54, 1.807) is 24.3 Å².